The van der Waals surface area contributed by atoms with Crippen LogP contribution in [0.5, 0.6) is 5.75 Å². The van der Waals surface area contributed by atoms with Crippen LogP contribution >= 0.6 is 0 Å². The van der Waals surface area contributed by atoms with Crippen LogP contribution in [0.25, 0.3) is 10.9 Å². The highest BCUT2D eigenvalue weighted by Crippen LogP contribution is 2.55. The lowest BCUT2D eigenvalue weighted by Gasteiger charge is -2.58. The molecule has 0 bridgehead atoms. The molecule has 3 aromatic rings. The molecule has 0 radical (unpaired) electrons. The fourth-order valence-corrected chi connectivity index (χ4v) is 8.43. The molecule has 1 N–H and O–H groups in total. The van der Waals surface area contributed by atoms with Crippen molar-refractivity contribution in [1.82, 2.24) is 19.7 Å². The summed E-state index contributed by atoms with van der Waals surface area (Å²) in [5, 5.41) is 1.19. The van der Waals surface area contributed by atoms with E-state index in [1.807, 2.05) is 43.9 Å². The summed E-state index contributed by atoms with van der Waals surface area (Å²) in [7, 11) is 1.68. The van der Waals surface area contributed by atoms with Crippen molar-refractivity contribution in [2.75, 3.05) is 39.8 Å². The summed E-state index contributed by atoms with van der Waals surface area (Å²) in [5.41, 5.74) is 2.98. The lowest BCUT2D eigenvalue weighted by atomic mass is 9.63. The van der Waals surface area contributed by atoms with Crippen LogP contribution < -0.4 is 4.74 Å². The van der Waals surface area contributed by atoms with Crippen LogP contribution in [-0.4, -0.2) is 77.1 Å². The molecule has 9 heteroatoms. The first-order chi connectivity index (χ1) is 22.0. The predicted molar refractivity (Wildman–Crippen MR) is 175 cm³/mol. The number of nitrogens with zero attached hydrogens (tertiary/aromatic N) is 3. The Morgan fingerprint density at radius 3 is 2.30 bits per heavy atom. The Bertz CT molecular complexity index is 1620. The predicted octanol–water partition coefficient (Wildman–Crippen LogP) is 6.72. The molecule has 0 atom stereocenters. The van der Waals surface area contributed by atoms with Crippen LogP contribution in [0.4, 0.5) is 9.18 Å². The fourth-order valence-electron chi connectivity index (χ4n) is 8.43. The Balaban J connectivity index is 1.31. The number of rotatable bonds is 4. The average Bonchev–Trinajstić information content (AvgIpc) is 3.40. The molecule has 2 aromatic carbocycles. The van der Waals surface area contributed by atoms with E-state index in [0.717, 1.165) is 63.0 Å². The van der Waals surface area contributed by atoms with Gasteiger partial charge in [0.25, 0.3) is 0 Å². The van der Waals surface area contributed by atoms with E-state index in [-0.39, 0.29) is 23.2 Å². The highest BCUT2D eigenvalue weighted by molar-refractivity contribution is 5.88. The van der Waals surface area contributed by atoms with Crippen LogP contribution in [-0.2, 0) is 27.0 Å². The number of carbonyl (C=O) groups excluding carboxylic acids is 2. The Hall–Kier alpha value is -3.59. The number of carbonyl (C=O) groups is 2. The number of benzene rings is 2. The molecule has 2 spiro atoms. The van der Waals surface area contributed by atoms with Gasteiger partial charge in [-0.3, -0.25) is 9.69 Å². The van der Waals surface area contributed by atoms with Crippen molar-refractivity contribution < 1.29 is 23.5 Å². The summed E-state index contributed by atoms with van der Waals surface area (Å²) >= 11 is 0. The zero-order chi connectivity index (χ0) is 32.3. The lowest BCUT2D eigenvalue weighted by Crippen LogP contribution is -2.63. The number of piperidine rings is 2. The molecule has 8 nitrogen and oxygen atoms in total. The smallest absolute Gasteiger partial charge is 0.410 e. The number of amides is 2. The Kier molecular flexibility index (Phi) is 7.81. The number of nitrogens with one attached hydrogen (secondary N) is 1. The minimum absolute atomic E-state index is 0.188. The minimum Gasteiger partial charge on any atom is -0.497 e. The second kappa shape index (κ2) is 11.6. The number of ether oxygens (including phenoxy) is 2. The summed E-state index contributed by atoms with van der Waals surface area (Å²) in [5.74, 6) is 1.09. The van der Waals surface area contributed by atoms with Gasteiger partial charge in [-0.15, -0.1) is 0 Å². The molecule has 1 saturated carbocycles. The van der Waals surface area contributed by atoms with Crippen LogP contribution in [0.3, 0.4) is 0 Å². The van der Waals surface area contributed by atoms with Crippen molar-refractivity contribution >= 4 is 22.9 Å². The van der Waals surface area contributed by atoms with Crippen molar-refractivity contribution in [2.24, 2.45) is 5.92 Å². The van der Waals surface area contributed by atoms with Gasteiger partial charge in [0.2, 0.25) is 5.91 Å². The molecule has 1 aliphatic carbocycles. The number of hydrogen-bond acceptors (Lipinski definition) is 5. The number of fused-ring (bicyclic) bond motifs is 5. The summed E-state index contributed by atoms with van der Waals surface area (Å²) in [4.78, 5) is 36.7. The summed E-state index contributed by atoms with van der Waals surface area (Å²) in [6, 6.07) is 13.3. The number of hydrogen-bond donors (Lipinski definition) is 1. The van der Waals surface area contributed by atoms with Crippen LogP contribution in [0, 0.1) is 11.7 Å². The van der Waals surface area contributed by atoms with E-state index >= 15 is 4.39 Å². The third-order valence-electron chi connectivity index (χ3n) is 11.1. The SMILES string of the molecule is COc1ccc2c3c([nH]c2c1)C1(CCN(C(=O)OC(C)(C)C)CC1)N(Cc1ccccc1F)CC31CCN(C(=O)C2CCC2)CC1. The van der Waals surface area contributed by atoms with Gasteiger partial charge in [0.1, 0.15) is 17.2 Å². The number of methoxy groups -OCH3 is 1. The highest BCUT2D eigenvalue weighted by atomic mass is 19.1. The van der Waals surface area contributed by atoms with Gasteiger partial charge in [0, 0.05) is 78.8 Å². The first kappa shape index (κ1) is 31.0. The molecule has 7 rings (SSSR count). The Morgan fingerprint density at radius 1 is 0.978 bits per heavy atom. The molecular formula is C37H47FN4O4. The van der Waals surface area contributed by atoms with Gasteiger partial charge in [0.15, 0.2) is 0 Å². The van der Waals surface area contributed by atoms with Crippen molar-refractivity contribution in [3.63, 3.8) is 0 Å². The standard InChI is InChI=1S/C37H47FN4O4/c1-35(2,3)46-34(44)41-20-16-37(17-21-41)32-31(28-13-12-27(45-4)22-30(28)39-32)36(24-42(37)23-26-8-5-6-11-29(26)38)14-18-40(19-15-36)33(43)25-9-7-10-25/h5-6,8,11-13,22,25,39H,7,9-10,14-21,23-24H2,1-4H3. The molecule has 3 aliphatic heterocycles. The van der Waals surface area contributed by atoms with E-state index in [9.17, 15) is 9.59 Å². The van der Waals surface area contributed by atoms with E-state index in [2.05, 4.69) is 26.9 Å². The third-order valence-corrected chi connectivity index (χ3v) is 11.1. The van der Waals surface area contributed by atoms with Gasteiger partial charge < -0.3 is 24.3 Å². The molecule has 0 unspecified atom stereocenters. The number of aromatic nitrogens is 1. The van der Waals surface area contributed by atoms with Gasteiger partial charge in [-0.05, 0) is 83.1 Å². The Morgan fingerprint density at radius 2 is 1.67 bits per heavy atom. The number of aromatic amines is 1. The Labute approximate surface area is 271 Å². The quantitative estimate of drug-likeness (QED) is 0.347. The second-order valence-electron chi connectivity index (χ2n) is 15.0. The molecule has 2 saturated heterocycles. The molecule has 4 aliphatic rings. The first-order valence-electron chi connectivity index (χ1n) is 17.0. The van der Waals surface area contributed by atoms with E-state index in [1.54, 1.807) is 13.2 Å². The first-order valence-corrected chi connectivity index (χ1v) is 17.0. The van der Waals surface area contributed by atoms with Crippen molar-refractivity contribution in [1.29, 1.82) is 0 Å². The van der Waals surface area contributed by atoms with Crippen LogP contribution in [0.15, 0.2) is 42.5 Å². The van der Waals surface area contributed by atoms with Crippen molar-refractivity contribution in [3.8, 4) is 5.75 Å². The van der Waals surface area contributed by atoms with Gasteiger partial charge in [0.05, 0.1) is 12.6 Å². The molecule has 46 heavy (non-hydrogen) atoms. The third kappa shape index (κ3) is 5.34. The fraction of sp³-hybridized carbons (Fsp3) is 0.568. The van der Waals surface area contributed by atoms with Gasteiger partial charge >= 0.3 is 6.09 Å². The summed E-state index contributed by atoms with van der Waals surface area (Å²) in [6.07, 6.45) is 5.97. The maximum atomic E-state index is 15.3. The maximum Gasteiger partial charge on any atom is 0.410 e. The normalized spacial score (nSPS) is 21.3. The van der Waals surface area contributed by atoms with E-state index < -0.39 is 11.1 Å². The zero-order valence-electron chi connectivity index (χ0n) is 27.7. The average molecular weight is 631 g/mol. The number of halogens is 1. The second-order valence-corrected chi connectivity index (χ2v) is 15.0. The molecular weight excluding hydrogens is 583 g/mol. The zero-order valence-corrected chi connectivity index (χ0v) is 27.7. The number of likely N-dealkylation sites (tertiary alicyclic amines) is 2. The monoisotopic (exact) mass is 630 g/mol. The van der Waals surface area contributed by atoms with Gasteiger partial charge in [-0.25, -0.2) is 9.18 Å². The van der Waals surface area contributed by atoms with E-state index in [1.165, 1.54) is 22.7 Å². The highest BCUT2D eigenvalue weighted by Gasteiger charge is 2.55. The maximum absolute atomic E-state index is 15.3. The molecule has 1 aromatic heterocycles. The molecule has 4 heterocycles. The lowest BCUT2D eigenvalue weighted by molar-refractivity contribution is -0.140. The summed E-state index contributed by atoms with van der Waals surface area (Å²) < 4.78 is 26.7. The van der Waals surface area contributed by atoms with E-state index in [0.29, 0.717) is 43.9 Å². The van der Waals surface area contributed by atoms with Crippen molar-refractivity contribution in [3.05, 3.63) is 65.1 Å². The minimum atomic E-state index is -0.571. The molecule has 2 amide bonds. The largest absolute Gasteiger partial charge is 0.497 e. The van der Waals surface area contributed by atoms with Crippen molar-refractivity contribution in [2.45, 2.75) is 88.8 Å². The molecule has 246 valence electrons. The van der Waals surface area contributed by atoms with Gasteiger partial charge in [-0.1, -0.05) is 24.6 Å². The van der Waals surface area contributed by atoms with Crippen LogP contribution in [0.1, 0.15) is 82.5 Å². The van der Waals surface area contributed by atoms with Crippen LogP contribution in [0.2, 0.25) is 0 Å². The molecule has 3 fully saturated rings. The van der Waals surface area contributed by atoms with E-state index in [4.69, 9.17) is 9.47 Å². The summed E-state index contributed by atoms with van der Waals surface area (Å²) in [6.45, 7) is 9.43. The number of H-pyrrole nitrogens is 1. The van der Waals surface area contributed by atoms with Gasteiger partial charge in [-0.2, -0.15) is 0 Å². The topological polar surface area (TPSA) is 78.1 Å².